The van der Waals surface area contributed by atoms with Crippen LogP contribution in [0.3, 0.4) is 0 Å². The van der Waals surface area contributed by atoms with Crippen LogP contribution in [0.4, 0.5) is 0 Å². The lowest BCUT2D eigenvalue weighted by Crippen LogP contribution is -2.28. The summed E-state index contributed by atoms with van der Waals surface area (Å²) in [6.45, 7) is 0. The molecule has 1 spiro atoms. The highest BCUT2D eigenvalue weighted by Crippen LogP contribution is 2.58. The Morgan fingerprint density at radius 3 is 1.50 bits per heavy atom. The van der Waals surface area contributed by atoms with E-state index < -0.39 is 0 Å². The van der Waals surface area contributed by atoms with Gasteiger partial charge in [-0.15, -0.1) is 0 Å². The van der Waals surface area contributed by atoms with Crippen LogP contribution in [0.15, 0.2) is 127 Å². The minimum absolute atomic E-state index is 0.0530. The van der Waals surface area contributed by atoms with Crippen LogP contribution in [-0.2, 0) is 5.41 Å². The third-order valence-corrected chi connectivity index (χ3v) is 9.14. The summed E-state index contributed by atoms with van der Waals surface area (Å²) in [4.78, 5) is 15.1. The van der Waals surface area contributed by atoms with Gasteiger partial charge in [-0.25, -0.2) is 15.0 Å². The summed E-state index contributed by atoms with van der Waals surface area (Å²) < 4.78 is 0. The molecule has 3 heteroatoms. The number of hydrogen-bond acceptors (Lipinski definition) is 3. The normalized spacial score (nSPS) is 14.9. The van der Waals surface area contributed by atoms with Crippen LogP contribution < -0.4 is 0 Å². The molecule has 1 saturated carbocycles. The molecule has 2 aliphatic rings. The van der Waals surface area contributed by atoms with Crippen LogP contribution in [0.5, 0.6) is 0 Å². The van der Waals surface area contributed by atoms with Gasteiger partial charge >= 0.3 is 0 Å². The average molecular weight is 542 g/mol. The average Bonchev–Trinajstić information content (AvgIpc) is 3.35. The zero-order chi connectivity index (χ0) is 27.9. The van der Waals surface area contributed by atoms with E-state index in [-0.39, 0.29) is 5.41 Å². The molecule has 0 saturated heterocycles. The Hall–Kier alpha value is -4.89. The molecule has 0 aliphatic heterocycles. The summed E-state index contributed by atoms with van der Waals surface area (Å²) in [5, 5.41) is 0. The van der Waals surface area contributed by atoms with Gasteiger partial charge in [0.1, 0.15) is 0 Å². The summed E-state index contributed by atoms with van der Waals surface area (Å²) in [7, 11) is 0. The van der Waals surface area contributed by atoms with E-state index in [0.717, 1.165) is 16.7 Å². The molecule has 0 amide bonds. The zero-order valence-corrected chi connectivity index (χ0v) is 23.5. The molecule has 2 aliphatic carbocycles. The molecule has 0 unspecified atom stereocenters. The molecular weight excluding hydrogens is 510 g/mol. The van der Waals surface area contributed by atoms with Gasteiger partial charge in [0.2, 0.25) is 0 Å². The van der Waals surface area contributed by atoms with Gasteiger partial charge in [0, 0.05) is 22.1 Å². The Labute approximate surface area is 247 Å². The first-order valence-corrected chi connectivity index (χ1v) is 15.0. The molecule has 3 nitrogen and oxygen atoms in total. The molecule has 0 N–H and O–H groups in total. The molecule has 8 rings (SSSR count). The standard InChI is InChI=1S/C39H31N3/c1-4-15-27(16-5-1)36-40-37(28-17-6-2-7-18-28)42-38(41-36)33-21-9-8-19-29(33)31-22-14-23-32-30-20-10-11-24-34(30)39(35(31)32)25-12-3-13-26-39/h1-2,4-11,14-24H,3,12-13,25-26H2. The lowest BCUT2D eigenvalue weighted by Gasteiger charge is -2.37. The molecule has 0 bridgehead atoms. The van der Waals surface area contributed by atoms with Crippen molar-refractivity contribution in [3.05, 3.63) is 139 Å². The Balaban J connectivity index is 1.36. The van der Waals surface area contributed by atoms with Gasteiger partial charge in [0.15, 0.2) is 17.5 Å². The Bertz CT molecular complexity index is 1850. The van der Waals surface area contributed by atoms with E-state index in [9.17, 15) is 0 Å². The molecule has 42 heavy (non-hydrogen) atoms. The van der Waals surface area contributed by atoms with Crippen LogP contribution in [0.25, 0.3) is 56.4 Å². The number of nitrogens with zero attached hydrogens (tertiary/aromatic N) is 3. The second kappa shape index (κ2) is 10.2. The molecule has 5 aromatic carbocycles. The van der Waals surface area contributed by atoms with E-state index in [1.165, 1.54) is 65.5 Å². The third kappa shape index (κ3) is 4.00. The highest BCUT2D eigenvalue weighted by Gasteiger charge is 2.45. The predicted octanol–water partition coefficient (Wildman–Crippen LogP) is 9.77. The smallest absolute Gasteiger partial charge is 0.164 e. The maximum absolute atomic E-state index is 5.10. The summed E-state index contributed by atoms with van der Waals surface area (Å²) >= 11 is 0. The fourth-order valence-electron chi connectivity index (χ4n) is 7.30. The van der Waals surface area contributed by atoms with Crippen molar-refractivity contribution in [1.82, 2.24) is 15.0 Å². The van der Waals surface area contributed by atoms with Gasteiger partial charge in [0.05, 0.1) is 0 Å². The van der Waals surface area contributed by atoms with Gasteiger partial charge in [0.25, 0.3) is 0 Å². The Morgan fingerprint density at radius 2 is 0.857 bits per heavy atom. The molecule has 202 valence electrons. The van der Waals surface area contributed by atoms with Crippen molar-refractivity contribution in [2.75, 3.05) is 0 Å². The SMILES string of the molecule is c1ccc(-c2nc(-c3ccccc3)nc(-c3ccccc3-c3cccc4c3C3(CCCCC3)c3ccccc3-4)n2)cc1. The van der Waals surface area contributed by atoms with Gasteiger partial charge < -0.3 is 0 Å². The topological polar surface area (TPSA) is 38.7 Å². The first-order valence-electron chi connectivity index (χ1n) is 15.0. The number of benzene rings is 5. The number of fused-ring (bicyclic) bond motifs is 5. The van der Waals surface area contributed by atoms with Crippen molar-refractivity contribution in [3.63, 3.8) is 0 Å². The molecule has 1 heterocycles. The molecule has 1 fully saturated rings. The van der Waals surface area contributed by atoms with E-state index in [1.54, 1.807) is 0 Å². The van der Waals surface area contributed by atoms with Crippen LogP contribution in [-0.4, -0.2) is 15.0 Å². The van der Waals surface area contributed by atoms with Gasteiger partial charge in [-0.05, 0) is 46.2 Å². The molecule has 0 radical (unpaired) electrons. The number of hydrogen-bond donors (Lipinski definition) is 0. The molecular formula is C39H31N3. The molecule has 0 atom stereocenters. The first kappa shape index (κ1) is 24.9. The lowest BCUT2D eigenvalue weighted by atomic mass is 9.66. The van der Waals surface area contributed by atoms with Crippen molar-refractivity contribution in [3.8, 4) is 56.4 Å². The van der Waals surface area contributed by atoms with E-state index in [1.807, 2.05) is 36.4 Å². The molecule has 6 aromatic rings. The van der Waals surface area contributed by atoms with Gasteiger partial charge in [-0.3, -0.25) is 0 Å². The highest BCUT2D eigenvalue weighted by molar-refractivity contribution is 5.92. The minimum Gasteiger partial charge on any atom is -0.208 e. The van der Waals surface area contributed by atoms with Crippen LogP contribution in [0, 0.1) is 0 Å². The van der Waals surface area contributed by atoms with Crippen LogP contribution >= 0.6 is 0 Å². The van der Waals surface area contributed by atoms with Crippen molar-refractivity contribution in [1.29, 1.82) is 0 Å². The first-order chi connectivity index (χ1) is 20.8. The summed E-state index contributed by atoms with van der Waals surface area (Å²) in [5.41, 5.74) is 11.3. The highest BCUT2D eigenvalue weighted by atomic mass is 15.0. The molecule has 1 aromatic heterocycles. The van der Waals surface area contributed by atoms with Crippen LogP contribution in [0.2, 0.25) is 0 Å². The maximum atomic E-state index is 5.10. The van der Waals surface area contributed by atoms with E-state index in [4.69, 9.17) is 15.0 Å². The monoisotopic (exact) mass is 541 g/mol. The number of aromatic nitrogens is 3. The van der Waals surface area contributed by atoms with E-state index >= 15 is 0 Å². The minimum atomic E-state index is 0.0530. The van der Waals surface area contributed by atoms with E-state index in [2.05, 4.69) is 91.0 Å². The maximum Gasteiger partial charge on any atom is 0.164 e. The fourth-order valence-corrected chi connectivity index (χ4v) is 7.30. The predicted molar refractivity (Wildman–Crippen MR) is 171 cm³/mol. The summed E-state index contributed by atoms with van der Waals surface area (Å²) in [6.07, 6.45) is 6.22. The van der Waals surface area contributed by atoms with Crippen molar-refractivity contribution in [2.45, 2.75) is 37.5 Å². The third-order valence-electron chi connectivity index (χ3n) is 9.14. The van der Waals surface area contributed by atoms with Crippen molar-refractivity contribution >= 4 is 0 Å². The zero-order valence-electron chi connectivity index (χ0n) is 23.5. The van der Waals surface area contributed by atoms with Gasteiger partial charge in [-0.2, -0.15) is 0 Å². The Morgan fingerprint density at radius 1 is 0.381 bits per heavy atom. The van der Waals surface area contributed by atoms with Crippen molar-refractivity contribution < 1.29 is 0 Å². The Kier molecular flexibility index (Phi) is 6.03. The van der Waals surface area contributed by atoms with Crippen molar-refractivity contribution in [2.24, 2.45) is 0 Å². The van der Waals surface area contributed by atoms with Gasteiger partial charge in [-0.1, -0.05) is 147 Å². The summed E-state index contributed by atoms with van der Waals surface area (Å²) in [5.74, 6) is 2.07. The summed E-state index contributed by atoms with van der Waals surface area (Å²) in [6, 6.07) is 45.0. The second-order valence-corrected chi connectivity index (χ2v) is 11.5. The number of rotatable bonds is 4. The van der Waals surface area contributed by atoms with Crippen LogP contribution in [0.1, 0.15) is 43.2 Å². The quantitative estimate of drug-likeness (QED) is 0.223. The second-order valence-electron chi connectivity index (χ2n) is 11.5. The van der Waals surface area contributed by atoms with E-state index in [0.29, 0.717) is 17.5 Å². The largest absolute Gasteiger partial charge is 0.208 e. The lowest BCUT2D eigenvalue weighted by molar-refractivity contribution is 0.353. The fraction of sp³-hybridized carbons (Fsp3) is 0.154.